The Balaban J connectivity index is 1.74. The molecule has 0 spiro atoms. The number of carbonyl (C=O) groups excluding carboxylic acids is 1. The van der Waals surface area contributed by atoms with Gasteiger partial charge in [0.2, 0.25) is 0 Å². The summed E-state index contributed by atoms with van der Waals surface area (Å²) >= 11 is 0. The zero-order chi connectivity index (χ0) is 22.2. The lowest BCUT2D eigenvalue weighted by molar-refractivity contribution is 0.0949. The molecule has 8 heteroatoms. The van der Waals surface area contributed by atoms with E-state index in [1.54, 1.807) is 6.21 Å². The van der Waals surface area contributed by atoms with E-state index in [1.165, 1.54) is 0 Å². The number of aromatic nitrogens is 1. The molecule has 164 valence electrons. The van der Waals surface area contributed by atoms with Crippen molar-refractivity contribution in [1.29, 1.82) is 0 Å². The van der Waals surface area contributed by atoms with Crippen molar-refractivity contribution in [2.75, 3.05) is 18.6 Å². The van der Waals surface area contributed by atoms with Gasteiger partial charge in [0.25, 0.3) is 5.91 Å². The van der Waals surface area contributed by atoms with Crippen molar-refractivity contribution in [3.05, 3.63) is 58.8 Å². The summed E-state index contributed by atoms with van der Waals surface area (Å²) in [7, 11) is 2.64. The molecule has 2 atom stereocenters. The van der Waals surface area contributed by atoms with Crippen molar-refractivity contribution in [2.24, 2.45) is 10.7 Å². The number of aliphatic imine (C=N–C) groups is 1. The number of benzene rings is 1. The maximum absolute atomic E-state index is 12.4. The number of nitrogens with one attached hydrogen (secondary N) is 2. The fraction of sp³-hybridized carbons (Fsp3) is 0.348. The molecule has 31 heavy (non-hydrogen) atoms. The van der Waals surface area contributed by atoms with Gasteiger partial charge in [-0.2, -0.15) is 0 Å². The normalized spacial score (nSPS) is 14.3. The molecule has 2 heterocycles. The van der Waals surface area contributed by atoms with Crippen LogP contribution >= 0.6 is 9.24 Å². The number of pyridine rings is 1. The van der Waals surface area contributed by atoms with Crippen molar-refractivity contribution in [1.82, 2.24) is 10.3 Å². The molecule has 0 saturated heterocycles. The molecule has 1 aromatic carbocycles. The van der Waals surface area contributed by atoms with Crippen LogP contribution in [0.5, 0.6) is 5.75 Å². The monoisotopic (exact) mass is 439 g/mol. The van der Waals surface area contributed by atoms with Crippen LogP contribution in [-0.2, 0) is 13.0 Å². The van der Waals surface area contributed by atoms with Gasteiger partial charge in [0.15, 0.2) is 0 Å². The summed E-state index contributed by atoms with van der Waals surface area (Å²) in [5, 5.41) is 6.38. The number of allylic oxidation sites excluding steroid dienone is 2. The van der Waals surface area contributed by atoms with Crippen molar-refractivity contribution in [2.45, 2.75) is 39.0 Å². The van der Waals surface area contributed by atoms with Crippen LogP contribution in [0.4, 0.5) is 5.82 Å². The van der Waals surface area contributed by atoms with E-state index in [9.17, 15) is 4.79 Å². The van der Waals surface area contributed by atoms with Crippen LogP contribution in [-0.4, -0.2) is 36.2 Å². The summed E-state index contributed by atoms with van der Waals surface area (Å²) in [5.74, 6) is 1.68. The molecule has 1 amide bonds. The highest BCUT2D eigenvalue weighted by Gasteiger charge is 2.22. The Morgan fingerprint density at radius 2 is 2.29 bits per heavy atom. The highest BCUT2D eigenvalue weighted by atomic mass is 31.0. The molecule has 0 radical (unpaired) electrons. The number of carbonyl (C=O) groups is 1. The molecule has 1 aromatic heterocycles. The Morgan fingerprint density at radius 3 is 3.06 bits per heavy atom. The third-order valence-electron chi connectivity index (χ3n) is 5.09. The van der Waals surface area contributed by atoms with Gasteiger partial charge in [-0.1, -0.05) is 19.1 Å². The summed E-state index contributed by atoms with van der Waals surface area (Å²) in [6.45, 7) is 5.50. The first-order valence-corrected chi connectivity index (χ1v) is 11.1. The number of hydrogen-bond donors (Lipinski definition) is 3. The number of ether oxygens (including phenoxy) is 1. The van der Waals surface area contributed by atoms with Crippen LogP contribution in [0.25, 0.3) is 5.57 Å². The summed E-state index contributed by atoms with van der Waals surface area (Å²) in [5.41, 5.74) is 10.1. The van der Waals surface area contributed by atoms with Crippen molar-refractivity contribution < 1.29 is 9.53 Å². The molecule has 0 fully saturated rings. The Bertz CT molecular complexity index is 990. The molecule has 2 unspecified atom stereocenters. The molecule has 1 aliphatic heterocycles. The third kappa shape index (κ3) is 5.90. The minimum Gasteiger partial charge on any atom is -0.492 e. The third-order valence-corrected chi connectivity index (χ3v) is 5.73. The van der Waals surface area contributed by atoms with Gasteiger partial charge in [-0.3, -0.25) is 9.79 Å². The van der Waals surface area contributed by atoms with Gasteiger partial charge >= 0.3 is 0 Å². The van der Waals surface area contributed by atoms with E-state index in [2.05, 4.69) is 29.8 Å². The minimum atomic E-state index is -0.0686. The van der Waals surface area contributed by atoms with Crippen LogP contribution in [0.3, 0.4) is 0 Å². The molecular formula is C23H30N5O2P. The van der Waals surface area contributed by atoms with Crippen molar-refractivity contribution in [3.8, 4) is 5.75 Å². The molecule has 2 aromatic rings. The summed E-state index contributed by atoms with van der Waals surface area (Å²) in [6.07, 6.45) is 7.10. The second-order valence-electron chi connectivity index (χ2n) is 7.33. The van der Waals surface area contributed by atoms with Crippen LogP contribution < -0.4 is 21.1 Å². The number of amides is 1. The lowest BCUT2D eigenvalue weighted by atomic mass is 10.0. The quantitative estimate of drug-likeness (QED) is 0.411. The maximum atomic E-state index is 12.4. The largest absolute Gasteiger partial charge is 0.492 e. The molecule has 7 nitrogen and oxygen atoms in total. The maximum Gasteiger partial charge on any atom is 0.251 e. The van der Waals surface area contributed by atoms with Gasteiger partial charge in [-0.15, -0.1) is 9.24 Å². The lowest BCUT2D eigenvalue weighted by Crippen LogP contribution is -2.29. The Morgan fingerprint density at radius 1 is 1.45 bits per heavy atom. The second-order valence-corrected chi connectivity index (χ2v) is 8.14. The zero-order valence-electron chi connectivity index (χ0n) is 18.0. The number of fused-ring (bicyclic) bond motifs is 1. The first-order chi connectivity index (χ1) is 15.0. The van der Waals surface area contributed by atoms with Crippen molar-refractivity contribution in [3.63, 3.8) is 0 Å². The van der Waals surface area contributed by atoms with Gasteiger partial charge in [0, 0.05) is 47.9 Å². The molecule has 0 aliphatic carbocycles. The molecular weight excluding hydrogens is 409 g/mol. The van der Waals surface area contributed by atoms with Crippen molar-refractivity contribution >= 4 is 32.8 Å². The topological polar surface area (TPSA) is 102 Å². The molecule has 0 bridgehead atoms. The molecule has 0 saturated carbocycles. The van der Waals surface area contributed by atoms with E-state index in [0.717, 1.165) is 46.7 Å². The minimum absolute atomic E-state index is 0.0682. The first-order valence-electron chi connectivity index (χ1n) is 10.4. The average Bonchev–Trinajstić information content (AvgIpc) is 3.27. The van der Waals surface area contributed by atoms with Crippen LogP contribution in [0.15, 0.2) is 41.5 Å². The summed E-state index contributed by atoms with van der Waals surface area (Å²) < 4.78 is 5.90. The van der Waals surface area contributed by atoms with E-state index < -0.39 is 0 Å². The molecule has 3 rings (SSSR count). The Labute approximate surface area is 185 Å². The Kier molecular flexibility index (Phi) is 8.15. The SMILES string of the molecule is CCC(P)NC(=O)c1cccc(CNc2ncc(/C(C)=C/C=N\CN)c3c2CCO3)c1. The summed E-state index contributed by atoms with van der Waals surface area (Å²) in [4.78, 5) is 21.1. The van der Waals surface area contributed by atoms with E-state index >= 15 is 0 Å². The fourth-order valence-corrected chi connectivity index (χ4v) is 3.45. The van der Waals surface area contributed by atoms with Gasteiger partial charge in [-0.05, 0) is 42.7 Å². The molecule has 4 N–H and O–H groups in total. The average molecular weight is 440 g/mol. The highest BCUT2D eigenvalue weighted by Crippen LogP contribution is 2.37. The van der Waals surface area contributed by atoms with E-state index in [0.29, 0.717) is 18.7 Å². The smallest absolute Gasteiger partial charge is 0.251 e. The molecule has 1 aliphatic rings. The number of anilines is 1. The predicted octanol–water partition coefficient (Wildman–Crippen LogP) is 3.36. The van der Waals surface area contributed by atoms with Gasteiger partial charge in [0.05, 0.1) is 13.3 Å². The van der Waals surface area contributed by atoms with E-state index in [-0.39, 0.29) is 18.4 Å². The van der Waals surface area contributed by atoms with Crippen LogP contribution in [0, 0.1) is 0 Å². The number of nitrogens with zero attached hydrogens (tertiary/aromatic N) is 2. The van der Waals surface area contributed by atoms with E-state index in [1.807, 2.05) is 50.4 Å². The number of hydrogen-bond acceptors (Lipinski definition) is 6. The zero-order valence-corrected chi connectivity index (χ0v) is 19.2. The standard InChI is InChI=1S/C23H30N5O2P/c1-3-20(31)28-23(29)17-6-4-5-16(11-17)12-26-22-18-8-10-30-21(18)19(13-27-22)15(2)7-9-25-14-24/h4-7,9,11,13,20H,3,8,10,12,14,24,31H2,1-2H3,(H,26,27)(H,28,29)/b15-7+,25-9-. The first kappa shape index (κ1) is 22.9. The van der Waals surface area contributed by atoms with Gasteiger partial charge in [-0.25, -0.2) is 4.98 Å². The van der Waals surface area contributed by atoms with E-state index in [4.69, 9.17) is 10.5 Å². The van der Waals surface area contributed by atoms with Crippen LogP contribution in [0.2, 0.25) is 0 Å². The van der Waals surface area contributed by atoms with Gasteiger partial charge < -0.3 is 21.1 Å². The predicted molar refractivity (Wildman–Crippen MR) is 130 cm³/mol. The highest BCUT2D eigenvalue weighted by molar-refractivity contribution is 7.17. The van der Waals surface area contributed by atoms with Gasteiger partial charge in [0.1, 0.15) is 11.6 Å². The Hall–Kier alpha value is -2.76. The van der Waals surface area contributed by atoms with Crippen LogP contribution in [0.1, 0.15) is 47.3 Å². The number of rotatable bonds is 9. The fourth-order valence-electron chi connectivity index (χ4n) is 3.30. The number of nitrogens with two attached hydrogens (primary N) is 1. The summed E-state index contributed by atoms with van der Waals surface area (Å²) in [6, 6.07) is 7.63. The second kappa shape index (κ2) is 11.0. The lowest BCUT2D eigenvalue weighted by Gasteiger charge is -2.14.